The lowest BCUT2D eigenvalue weighted by Gasteiger charge is -2.33. The molecule has 3 aromatic rings. The van der Waals surface area contributed by atoms with Crippen molar-refractivity contribution in [2.24, 2.45) is 11.3 Å². The van der Waals surface area contributed by atoms with Gasteiger partial charge in [0.05, 0.1) is 5.56 Å². The highest BCUT2D eigenvalue weighted by Crippen LogP contribution is 2.44. The highest BCUT2D eigenvalue weighted by molar-refractivity contribution is 7.80. The maximum Gasteiger partial charge on any atom is 0.293 e. The lowest BCUT2D eigenvalue weighted by Crippen LogP contribution is -2.33. The highest BCUT2D eigenvalue weighted by Gasteiger charge is 2.32. The van der Waals surface area contributed by atoms with Gasteiger partial charge in [0.2, 0.25) is 0 Å². The molecular weight excluding hydrogens is 486 g/mol. The van der Waals surface area contributed by atoms with Crippen LogP contribution in [-0.4, -0.2) is 11.0 Å². The predicted molar refractivity (Wildman–Crippen MR) is 142 cm³/mol. The predicted octanol–water partition coefficient (Wildman–Crippen LogP) is 7.12. The quantitative estimate of drug-likeness (QED) is 0.366. The average molecular weight is 512 g/mol. The van der Waals surface area contributed by atoms with Crippen LogP contribution in [0.4, 0.5) is 5.00 Å². The molecule has 1 amide bonds. The first kappa shape index (κ1) is 24.5. The number of halogens is 1. The average Bonchev–Trinajstić information content (AvgIpc) is 3.39. The molecule has 2 heterocycles. The Morgan fingerprint density at radius 3 is 2.74 bits per heavy atom. The molecule has 1 aliphatic rings. The maximum absolute atomic E-state index is 12.7. The van der Waals surface area contributed by atoms with Crippen molar-refractivity contribution in [3.05, 3.63) is 62.7 Å². The number of thiocarbonyl (C=S) groups is 1. The van der Waals surface area contributed by atoms with E-state index in [1.807, 2.05) is 19.1 Å². The van der Waals surface area contributed by atoms with Crippen molar-refractivity contribution in [1.29, 1.82) is 5.26 Å². The van der Waals surface area contributed by atoms with Gasteiger partial charge in [-0.1, -0.05) is 44.5 Å². The van der Waals surface area contributed by atoms with Crippen molar-refractivity contribution in [1.82, 2.24) is 5.32 Å². The second-order valence-electron chi connectivity index (χ2n) is 9.66. The summed E-state index contributed by atoms with van der Waals surface area (Å²) in [5, 5.41) is 16.9. The largest absolute Gasteiger partial charge is 0.451 e. The number of nitriles is 1. The third-order valence-corrected chi connectivity index (χ3v) is 8.12. The Bertz CT molecular complexity index is 1310. The first-order valence-corrected chi connectivity index (χ1v) is 12.7. The number of carbonyl (C=O) groups is 1. The Labute approximate surface area is 214 Å². The number of nitrogens with one attached hydrogen (secondary N) is 2. The van der Waals surface area contributed by atoms with E-state index in [1.54, 1.807) is 29.5 Å². The molecule has 176 valence electrons. The number of carbonyl (C=O) groups excluding carboxylic acids is 1. The van der Waals surface area contributed by atoms with Gasteiger partial charge in [0, 0.05) is 15.5 Å². The van der Waals surface area contributed by atoms with Gasteiger partial charge in [-0.15, -0.1) is 11.3 Å². The number of benzene rings is 1. The van der Waals surface area contributed by atoms with Gasteiger partial charge in [0.25, 0.3) is 5.91 Å². The summed E-state index contributed by atoms with van der Waals surface area (Å²) < 4.78 is 5.72. The SMILES string of the molecule is Cc1ccc(-c2ccc(C(=O)NC(=S)Nc3sc4c(c3C#N)CC[C@@H](C(C)(C)C)C4)o2)cc1Cl. The van der Waals surface area contributed by atoms with Crippen molar-refractivity contribution in [3.8, 4) is 17.4 Å². The second-order valence-corrected chi connectivity index (χ2v) is 11.6. The van der Waals surface area contributed by atoms with E-state index in [1.165, 1.54) is 4.88 Å². The molecule has 0 unspecified atom stereocenters. The Balaban J connectivity index is 1.45. The molecule has 0 aliphatic heterocycles. The van der Waals surface area contributed by atoms with E-state index in [9.17, 15) is 10.1 Å². The fraction of sp³-hybridized carbons (Fsp3) is 0.346. The molecule has 4 rings (SSSR count). The number of rotatable bonds is 3. The van der Waals surface area contributed by atoms with Gasteiger partial charge in [-0.3, -0.25) is 10.1 Å². The highest BCUT2D eigenvalue weighted by atomic mass is 35.5. The summed E-state index contributed by atoms with van der Waals surface area (Å²) in [5.74, 6) is 0.780. The lowest BCUT2D eigenvalue weighted by atomic mass is 9.72. The number of hydrogen-bond acceptors (Lipinski definition) is 5. The normalized spacial score (nSPS) is 15.4. The summed E-state index contributed by atoms with van der Waals surface area (Å²) in [6.45, 7) is 8.71. The minimum Gasteiger partial charge on any atom is -0.451 e. The third kappa shape index (κ3) is 5.05. The molecule has 0 spiro atoms. The summed E-state index contributed by atoms with van der Waals surface area (Å²) >= 11 is 13.1. The zero-order valence-corrected chi connectivity index (χ0v) is 21.9. The Morgan fingerprint density at radius 1 is 1.29 bits per heavy atom. The second kappa shape index (κ2) is 9.53. The van der Waals surface area contributed by atoms with Gasteiger partial charge in [-0.2, -0.15) is 5.26 Å². The van der Waals surface area contributed by atoms with E-state index < -0.39 is 5.91 Å². The zero-order valence-electron chi connectivity index (χ0n) is 19.5. The van der Waals surface area contributed by atoms with Crippen LogP contribution < -0.4 is 10.6 Å². The minimum atomic E-state index is -0.463. The molecule has 2 N–H and O–H groups in total. The van der Waals surface area contributed by atoms with E-state index >= 15 is 0 Å². The van der Waals surface area contributed by atoms with Gasteiger partial charge < -0.3 is 9.73 Å². The number of furan rings is 1. The Kier molecular flexibility index (Phi) is 6.86. The van der Waals surface area contributed by atoms with Crippen LogP contribution in [0.15, 0.2) is 34.7 Å². The van der Waals surface area contributed by atoms with Crippen LogP contribution >= 0.6 is 35.2 Å². The van der Waals surface area contributed by atoms with Crippen LogP contribution in [0, 0.1) is 29.6 Å². The van der Waals surface area contributed by atoms with Crippen LogP contribution in [0.3, 0.4) is 0 Å². The van der Waals surface area contributed by atoms with Gasteiger partial charge in [0.15, 0.2) is 10.9 Å². The Hall–Kier alpha value is -2.66. The van der Waals surface area contributed by atoms with Crippen LogP contribution in [-0.2, 0) is 12.8 Å². The van der Waals surface area contributed by atoms with Crippen LogP contribution in [0.2, 0.25) is 5.02 Å². The topological polar surface area (TPSA) is 78.1 Å². The summed E-state index contributed by atoms with van der Waals surface area (Å²) in [7, 11) is 0. The summed E-state index contributed by atoms with van der Waals surface area (Å²) in [6, 6.07) is 11.2. The number of thiophene rings is 1. The van der Waals surface area contributed by atoms with Gasteiger partial charge >= 0.3 is 0 Å². The molecule has 34 heavy (non-hydrogen) atoms. The summed E-state index contributed by atoms with van der Waals surface area (Å²) in [5.41, 5.74) is 3.70. The summed E-state index contributed by atoms with van der Waals surface area (Å²) in [6.07, 6.45) is 2.91. The first-order valence-electron chi connectivity index (χ1n) is 11.1. The minimum absolute atomic E-state index is 0.129. The number of hydrogen-bond donors (Lipinski definition) is 2. The molecule has 5 nitrogen and oxygen atoms in total. The van der Waals surface area contributed by atoms with Crippen molar-refractivity contribution in [2.45, 2.75) is 47.0 Å². The third-order valence-electron chi connectivity index (χ3n) is 6.34. The van der Waals surface area contributed by atoms with E-state index in [-0.39, 0.29) is 16.3 Å². The Morgan fingerprint density at radius 2 is 2.06 bits per heavy atom. The van der Waals surface area contributed by atoms with Gasteiger partial charge in [-0.25, -0.2) is 0 Å². The van der Waals surface area contributed by atoms with E-state index in [2.05, 4.69) is 37.5 Å². The summed E-state index contributed by atoms with van der Waals surface area (Å²) in [4.78, 5) is 13.9. The number of fused-ring (bicyclic) bond motifs is 1. The monoisotopic (exact) mass is 511 g/mol. The molecule has 8 heteroatoms. The van der Waals surface area contributed by atoms with E-state index in [4.69, 9.17) is 28.2 Å². The van der Waals surface area contributed by atoms with E-state index in [0.717, 1.165) is 36.0 Å². The smallest absolute Gasteiger partial charge is 0.293 e. The first-order chi connectivity index (χ1) is 16.1. The van der Waals surface area contributed by atoms with Crippen molar-refractivity contribution in [3.63, 3.8) is 0 Å². The van der Waals surface area contributed by atoms with Crippen molar-refractivity contribution < 1.29 is 9.21 Å². The molecule has 0 bridgehead atoms. The van der Waals surface area contributed by atoms with Crippen molar-refractivity contribution >= 4 is 51.2 Å². The molecule has 0 saturated heterocycles. The molecule has 1 aromatic carbocycles. The fourth-order valence-electron chi connectivity index (χ4n) is 4.19. The van der Waals surface area contributed by atoms with E-state index in [0.29, 0.717) is 27.3 Å². The fourth-order valence-corrected chi connectivity index (χ4v) is 5.91. The number of nitrogens with zero attached hydrogens (tertiary/aromatic N) is 1. The molecule has 0 radical (unpaired) electrons. The molecule has 1 aliphatic carbocycles. The van der Waals surface area contributed by atoms with Gasteiger partial charge in [0.1, 0.15) is 16.8 Å². The number of anilines is 1. The van der Waals surface area contributed by atoms with Crippen LogP contribution in [0.25, 0.3) is 11.3 Å². The number of amides is 1. The van der Waals surface area contributed by atoms with Crippen LogP contribution in [0.1, 0.15) is 59.3 Å². The molecular formula is C26H26ClN3O2S2. The van der Waals surface area contributed by atoms with Crippen molar-refractivity contribution in [2.75, 3.05) is 5.32 Å². The standard InChI is InChI=1S/C26H26ClN3O2S2/c1-14-5-6-15(11-19(14)27)20-9-10-21(32-20)23(31)29-25(33)30-24-18(13-28)17-8-7-16(26(2,3)4)12-22(17)34-24/h5-6,9-11,16H,7-8,12H2,1-4H3,(H2,29,30,31,33)/t16-/m1/s1. The lowest BCUT2D eigenvalue weighted by molar-refractivity contribution is 0.0951. The molecule has 1 atom stereocenters. The molecule has 0 saturated carbocycles. The van der Waals surface area contributed by atoms with Crippen LogP contribution in [0.5, 0.6) is 0 Å². The molecule has 0 fully saturated rings. The maximum atomic E-state index is 12.7. The zero-order chi connectivity index (χ0) is 24.6. The number of aryl methyl sites for hydroxylation is 1. The molecule has 2 aromatic heterocycles. The van der Waals surface area contributed by atoms with Gasteiger partial charge in [-0.05, 0) is 79.1 Å².